The van der Waals surface area contributed by atoms with Crippen LogP contribution < -0.4 is 0 Å². The van der Waals surface area contributed by atoms with Crippen LogP contribution >= 0.6 is 15.9 Å². The zero-order valence-electron chi connectivity index (χ0n) is 9.82. The fourth-order valence-electron chi connectivity index (χ4n) is 1.64. The van der Waals surface area contributed by atoms with Crippen LogP contribution in [0.5, 0.6) is 0 Å². The molecule has 0 aliphatic carbocycles. The van der Waals surface area contributed by atoms with Gasteiger partial charge in [-0.25, -0.2) is 0 Å². The van der Waals surface area contributed by atoms with E-state index in [0.717, 1.165) is 24.1 Å². The third-order valence-electron chi connectivity index (χ3n) is 2.56. The van der Waals surface area contributed by atoms with Gasteiger partial charge in [-0.1, -0.05) is 41.4 Å². The summed E-state index contributed by atoms with van der Waals surface area (Å²) in [6, 6.07) is 8.37. The second-order valence-electron chi connectivity index (χ2n) is 3.98. The zero-order chi connectivity index (χ0) is 11.8. The highest BCUT2D eigenvalue weighted by molar-refractivity contribution is 9.10. The van der Waals surface area contributed by atoms with Crippen molar-refractivity contribution in [3.05, 3.63) is 34.3 Å². The fourth-order valence-corrected chi connectivity index (χ4v) is 1.91. The molecule has 0 aliphatic heterocycles. The Morgan fingerprint density at radius 1 is 1.19 bits per heavy atom. The Morgan fingerprint density at radius 3 is 2.44 bits per heavy atom. The predicted molar refractivity (Wildman–Crippen MR) is 71.4 cm³/mol. The van der Waals surface area contributed by atoms with Crippen molar-refractivity contribution in [2.75, 3.05) is 19.7 Å². The summed E-state index contributed by atoms with van der Waals surface area (Å²) in [7, 11) is 0. The van der Waals surface area contributed by atoms with Crippen molar-refractivity contribution in [1.29, 1.82) is 0 Å². The number of hydrogen-bond donors (Lipinski definition) is 1. The summed E-state index contributed by atoms with van der Waals surface area (Å²) in [5.74, 6) is 0. The normalized spacial score (nSPS) is 11.0. The minimum Gasteiger partial charge on any atom is -0.395 e. The van der Waals surface area contributed by atoms with Crippen molar-refractivity contribution >= 4 is 15.9 Å². The van der Waals surface area contributed by atoms with E-state index in [0.29, 0.717) is 0 Å². The maximum absolute atomic E-state index is 9.01. The average molecular weight is 286 g/mol. The second-order valence-corrected chi connectivity index (χ2v) is 4.90. The van der Waals surface area contributed by atoms with Crippen LogP contribution in [0.25, 0.3) is 0 Å². The number of rotatable bonds is 7. The van der Waals surface area contributed by atoms with Crippen LogP contribution in [0.1, 0.15) is 25.3 Å². The summed E-state index contributed by atoms with van der Waals surface area (Å²) < 4.78 is 1.11. The third kappa shape index (κ3) is 5.10. The lowest BCUT2D eigenvalue weighted by atomic mass is 10.2. The second kappa shape index (κ2) is 7.82. The van der Waals surface area contributed by atoms with E-state index in [1.807, 2.05) is 0 Å². The Labute approximate surface area is 106 Å². The van der Waals surface area contributed by atoms with Gasteiger partial charge < -0.3 is 5.11 Å². The maximum Gasteiger partial charge on any atom is 0.0558 e. The lowest BCUT2D eigenvalue weighted by Gasteiger charge is -2.21. The number of unbranched alkanes of at least 4 members (excludes halogenated alkanes) is 1. The summed E-state index contributed by atoms with van der Waals surface area (Å²) >= 11 is 3.43. The van der Waals surface area contributed by atoms with Crippen molar-refractivity contribution in [3.8, 4) is 0 Å². The molecular formula is C13H20BrNO. The van der Waals surface area contributed by atoms with Gasteiger partial charge in [-0.2, -0.15) is 0 Å². The summed E-state index contributed by atoms with van der Waals surface area (Å²) in [5, 5.41) is 9.01. The first-order chi connectivity index (χ1) is 7.76. The molecule has 0 atom stereocenters. The van der Waals surface area contributed by atoms with Gasteiger partial charge in [0.2, 0.25) is 0 Å². The van der Waals surface area contributed by atoms with E-state index < -0.39 is 0 Å². The van der Waals surface area contributed by atoms with Crippen LogP contribution in [0.2, 0.25) is 0 Å². The summed E-state index contributed by atoms with van der Waals surface area (Å²) in [5.41, 5.74) is 1.30. The zero-order valence-corrected chi connectivity index (χ0v) is 11.4. The van der Waals surface area contributed by atoms with E-state index in [4.69, 9.17) is 5.11 Å². The van der Waals surface area contributed by atoms with Gasteiger partial charge in [-0.3, -0.25) is 4.90 Å². The van der Waals surface area contributed by atoms with Crippen molar-refractivity contribution in [3.63, 3.8) is 0 Å². The molecule has 1 rings (SSSR count). The Kier molecular flexibility index (Phi) is 6.69. The molecule has 0 fully saturated rings. The van der Waals surface area contributed by atoms with Crippen LogP contribution in [0.15, 0.2) is 28.7 Å². The third-order valence-corrected chi connectivity index (χ3v) is 3.09. The van der Waals surface area contributed by atoms with Gasteiger partial charge in [0.15, 0.2) is 0 Å². The van der Waals surface area contributed by atoms with Gasteiger partial charge in [-0.05, 0) is 30.7 Å². The topological polar surface area (TPSA) is 23.5 Å². The molecule has 0 radical (unpaired) electrons. The first-order valence-electron chi connectivity index (χ1n) is 5.84. The number of aliphatic hydroxyl groups is 1. The summed E-state index contributed by atoms with van der Waals surface area (Å²) in [6.07, 6.45) is 2.39. The fraction of sp³-hybridized carbons (Fsp3) is 0.538. The van der Waals surface area contributed by atoms with E-state index in [2.05, 4.69) is 52.0 Å². The Morgan fingerprint density at radius 2 is 1.88 bits per heavy atom. The molecule has 1 N–H and O–H groups in total. The van der Waals surface area contributed by atoms with Gasteiger partial charge in [-0.15, -0.1) is 0 Å². The van der Waals surface area contributed by atoms with Crippen LogP contribution in [-0.4, -0.2) is 29.7 Å². The molecule has 2 nitrogen and oxygen atoms in total. The molecule has 1 aromatic rings. The minimum absolute atomic E-state index is 0.236. The minimum atomic E-state index is 0.236. The molecule has 16 heavy (non-hydrogen) atoms. The standard InChI is InChI=1S/C13H20BrNO/c1-2-3-8-15(9-10-16)11-12-4-6-13(14)7-5-12/h4-7,16H,2-3,8-11H2,1H3. The first-order valence-corrected chi connectivity index (χ1v) is 6.63. The molecule has 0 bridgehead atoms. The quantitative estimate of drug-likeness (QED) is 0.832. The van der Waals surface area contributed by atoms with Crippen LogP contribution in [0.3, 0.4) is 0 Å². The van der Waals surface area contributed by atoms with E-state index >= 15 is 0 Å². The smallest absolute Gasteiger partial charge is 0.0558 e. The Balaban J connectivity index is 2.49. The molecule has 0 saturated carbocycles. The van der Waals surface area contributed by atoms with Crippen LogP contribution in [-0.2, 0) is 6.54 Å². The number of nitrogens with zero attached hydrogens (tertiary/aromatic N) is 1. The molecule has 0 heterocycles. The van der Waals surface area contributed by atoms with Gasteiger partial charge >= 0.3 is 0 Å². The van der Waals surface area contributed by atoms with Crippen molar-refractivity contribution in [2.45, 2.75) is 26.3 Å². The molecule has 0 aromatic heterocycles. The van der Waals surface area contributed by atoms with Gasteiger partial charge in [0.25, 0.3) is 0 Å². The van der Waals surface area contributed by atoms with Gasteiger partial charge in [0, 0.05) is 17.6 Å². The van der Waals surface area contributed by atoms with Gasteiger partial charge in [0.05, 0.1) is 6.61 Å². The molecule has 90 valence electrons. The van der Waals surface area contributed by atoms with Crippen LogP contribution in [0, 0.1) is 0 Å². The Bertz CT molecular complexity index is 286. The van der Waals surface area contributed by atoms with Gasteiger partial charge in [0.1, 0.15) is 0 Å². The largest absolute Gasteiger partial charge is 0.395 e. The lowest BCUT2D eigenvalue weighted by molar-refractivity contribution is 0.188. The van der Waals surface area contributed by atoms with E-state index in [1.54, 1.807) is 0 Å². The molecule has 0 aliphatic rings. The van der Waals surface area contributed by atoms with Crippen molar-refractivity contribution in [2.24, 2.45) is 0 Å². The van der Waals surface area contributed by atoms with E-state index in [1.165, 1.54) is 18.4 Å². The molecule has 0 spiro atoms. The van der Waals surface area contributed by atoms with E-state index in [-0.39, 0.29) is 6.61 Å². The number of benzene rings is 1. The molecule has 0 unspecified atom stereocenters. The SMILES string of the molecule is CCCCN(CCO)Cc1ccc(Br)cc1. The lowest BCUT2D eigenvalue weighted by Crippen LogP contribution is -2.27. The molecule has 0 saturated heterocycles. The highest BCUT2D eigenvalue weighted by Crippen LogP contribution is 2.12. The molecular weight excluding hydrogens is 266 g/mol. The summed E-state index contributed by atoms with van der Waals surface area (Å²) in [6.45, 7) is 5.17. The monoisotopic (exact) mass is 285 g/mol. The first kappa shape index (κ1) is 13.7. The maximum atomic E-state index is 9.01. The van der Waals surface area contributed by atoms with Crippen molar-refractivity contribution < 1.29 is 5.11 Å². The highest BCUT2D eigenvalue weighted by Gasteiger charge is 2.04. The van der Waals surface area contributed by atoms with E-state index in [9.17, 15) is 0 Å². The highest BCUT2D eigenvalue weighted by atomic mass is 79.9. The number of aliphatic hydroxyl groups excluding tert-OH is 1. The average Bonchev–Trinajstić information content (AvgIpc) is 2.29. The Hall–Kier alpha value is -0.380. The number of hydrogen-bond acceptors (Lipinski definition) is 2. The predicted octanol–water partition coefficient (Wildman–Crippen LogP) is 3.04. The summed E-state index contributed by atoms with van der Waals surface area (Å²) in [4.78, 5) is 2.30. The van der Waals surface area contributed by atoms with Crippen molar-refractivity contribution in [1.82, 2.24) is 4.90 Å². The van der Waals surface area contributed by atoms with Crippen LogP contribution in [0.4, 0.5) is 0 Å². The molecule has 1 aromatic carbocycles. The molecule has 0 amide bonds. The number of halogens is 1. The molecule has 3 heteroatoms.